The van der Waals surface area contributed by atoms with Gasteiger partial charge >= 0.3 is 0 Å². The smallest absolute Gasteiger partial charge is 0.191 e. The molecule has 0 aliphatic heterocycles. The first kappa shape index (κ1) is 14.5. The zero-order valence-corrected chi connectivity index (χ0v) is 12.7. The Balaban J connectivity index is 1.77. The maximum Gasteiger partial charge on any atom is 0.191 e. The minimum absolute atomic E-state index is 0.686. The second-order valence-corrected chi connectivity index (χ2v) is 5.48. The molecule has 0 radical (unpaired) electrons. The first-order valence-electron chi connectivity index (χ1n) is 6.67. The van der Waals surface area contributed by atoms with E-state index in [-0.39, 0.29) is 0 Å². The Morgan fingerprint density at radius 2 is 2.20 bits per heavy atom. The number of pyridine rings is 1. The van der Waals surface area contributed by atoms with Crippen LogP contribution in [-0.2, 0) is 13.0 Å². The molecule has 5 heteroatoms. The predicted octanol–water partition coefficient (Wildman–Crippen LogP) is 2.36. The molecule has 0 saturated carbocycles. The molecule has 0 atom stereocenters. The first-order valence-corrected chi connectivity index (χ1v) is 7.55. The number of nitrogens with zero attached hydrogens (tertiary/aromatic N) is 2. The monoisotopic (exact) mass is 288 g/mol. The Labute approximate surface area is 124 Å². The van der Waals surface area contributed by atoms with Gasteiger partial charge in [0.1, 0.15) is 0 Å². The summed E-state index contributed by atoms with van der Waals surface area (Å²) in [5.74, 6) is 0.812. The average molecular weight is 288 g/mol. The lowest BCUT2D eigenvalue weighted by atomic mass is 10.2. The summed E-state index contributed by atoms with van der Waals surface area (Å²) < 4.78 is 0. The van der Waals surface area contributed by atoms with E-state index in [9.17, 15) is 0 Å². The van der Waals surface area contributed by atoms with Crippen molar-refractivity contribution in [3.63, 3.8) is 0 Å². The highest BCUT2D eigenvalue weighted by molar-refractivity contribution is 7.09. The SMILES string of the molecule is CN=C(NCCc1cccs1)NCc1ncccc1C. The van der Waals surface area contributed by atoms with Crippen LogP contribution < -0.4 is 10.6 Å². The van der Waals surface area contributed by atoms with Gasteiger partial charge in [-0.2, -0.15) is 0 Å². The summed E-state index contributed by atoms with van der Waals surface area (Å²) in [5.41, 5.74) is 2.24. The van der Waals surface area contributed by atoms with Crippen LogP contribution in [0.15, 0.2) is 40.8 Å². The summed E-state index contributed by atoms with van der Waals surface area (Å²) in [6, 6.07) is 8.25. The molecule has 0 unspecified atom stereocenters. The van der Waals surface area contributed by atoms with Crippen molar-refractivity contribution in [3.05, 3.63) is 52.0 Å². The van der Waals surface area contributed by atoms with Crippen LogP contribution in [0.3, 0.4) is 0 Å². The number of rotatable bonds is 5. The van der Waals surface area contributed by atoms with E-state index >= 15 is 0 Å². The Kier molecular flexibility index (Phi) is 5.55. The molecule has 0 spiro atoms. The van der Waals surface area contributed by atoms with Gasteiger partial charge in [-0.3, -0.25) is 9.98 Å². The number of aryl methyl sites for hydroxylation is 1. The van der Waals surface area contributed by atoms with Crippen molar-refractivity contribution in [2.75, 3.05) is 13.6 Å². The molecule has 4 nitrogen and oxygen atoms in total. The molecule has 106 valence electrons. The van der Waals surface area contributed by atoms with E-state index in [0.717, 1.165) is 24.6 Å². The molecule has 0 aliphatic rings. The van der Waals surface area contributed by atoms with Crippen LogP contribution in [0.25, 0.3) is 0 Å². The van der Waals surface area contributed by atoms with Gasteiger partial charge in [-0.05, 0) is 36.4 Å². The highest BCUT2D eigenvalue weighted by atomic mass is 32.1. The summed E-state index contributed by atoms with van der Waals surface area (Å²) in [6.45, 7) is 3.63. The van der Waals surface area contributed by atoms with Crippen LogP contribution in [0, 0.1) is 6.92 Å². The van der Waals surface area contributed by atoms with Gasteiger partial charge in [-0.1, -0.05) is 12.1 Å². The highest BCUT2D eigenvalue weighted by Crippen LogP contribution is 2.08. The lowest BCUT2D eigenvalue weighted by Crippen LogP contribution is -2.38. The van der Waals surface area contributed by atoms with Crippen molar-refractivity contribution in [1.29, 1.82) is 0 Å². The van der Waals surface area contributed by atoms with E-state index in [2.05, 4.69) is 51.1 Å². The number of nitrogens with one attached hydrogen (secondary N) is 2. The maximum atomic E-state index is 4.36. The third-order valence-electron chi connectivity index (χ3n) is 3.01. The molecule has 0 fully saturated rings. The molecule has 20 heavy (non-hydrogen) atoms. The van der Waals surface area contributed by atoms with Crippen LogP contribution in [0.2, 0.25) is 0 Å². The lowest BCUT2D eigenvalue weighted by Gasteiger charge is -2.12. The van der Waals surface area contributed by atoms with Crippen LogP contribution in [0.1, 0.15) is 16.1 Å². The standard InChI is InChI=1S/C15H20N4S/c1-12-5-3-8-17-14(12)11-19-15(16-2)18-9-7-13-6-4-10-20-13/h3-6,8,10H,7,9,11H2,1-2H3,(H2,16,18,19). The molecule has 2 rings (SSSR count). The van der Waals surface area contributed by atoms with Crippen molar-refractivity contribution in [2.45, 2.75) is 19.9 Å². The highest BCUT2D eigenvalue weighted by Gasteiger charge is 2.01. The van der Waals surface area contributed by atoms with Gasteiger partial charge in [0, 0.05) is 24.7 Å². The van der Waals surface area contributed by atoms with E-state index in [1.807, 2.05) is 12.3 Å². The van der Waals surface area contributed by atoms with Crippen molar-refractivity contribution < 1.29 is 0 Å². The fourth-order valence-corrected chi connectivity index (χ4v) is 2.56. The van der Waals surface area contributed by atoms with Gasteiger partial charge in [0.2, 0.25) is 0 Å². The van der Waals surface area contributed by atoms with E-state index in [1.54, 1.807) is 18.4 Å². The van der Waals surface area contributed by atoms with Gasteiger partial charge in [-0.15, -0.1) is 11.3 Å². The number of hydrogen-bond acceptors (Lipinski definition) is 3. The third kappa shape index (κ3) is 4.35. The van der Waals surface area contributed by atoms with Crippen molar-refractivity contribution in [1.82, 2.24) is 15.6 Å². The number of hydrogen-bond donors (Lipinski definition) is 2. The van der Waals surface area contributed by atoms with Gasteiger partial charge in [0.25, 0.3) is 0 Å². The summed E-state index contributed by atoms with van der Waals surface area (Å²) in [5, 5.41) is 8.71. The zero-order valence-electron chi connectivity index (χ0n) is 11.9. The topological polar surface area (TPSA) is 49.3 Å². The molecule has 2 N–H and O–H groups in total. The summed E-state index contributed by atoms with van der Waals surface area (Å²) in [4.78, 5) is 9.97. The summed E-state index contributed by atoms with van der Waals surface area (Å²) >= 11 is 1.78. The third-order valence-corrected chi connectivity index (χ3v) is 3.94. The lowest BCUT2D eigenvalue weighted by molar-refractivity contribution is 0.783. The molecule has 2 aromatic heterocycles. The Hall–Kier alpha value is -1.88. The maximum absolute atomic E-state index is 4.36. The van der Waals surface area contributed by atoms with E-state index in [1.165, 1.54) is 10.4 Å². The predicted molar refractivity (Wildman–Crippen MR) is 85.2 cm³/mol. The van der Waals surface area contributed by atoms with E-state index < -0.39 is 0 Å². The molecule has 0 aromatic carbocycles. The molecule has 0 aliphatic carbocycles. The largest absolute Gasteiger partial charge is 0.356 e. The van der Waals surface area contributed by atoms with E-state index in [4.69, 9.17) is 0 Å². The number of guanidine groups is 1. The van der Waals surface area contributed by atoms with Crippen LogP contribution in [-0.4, -0.2) is 24.5 Å². The minimum Gasteiger partial charge on any atom is -0.356 e. The van der Waals surface area contributed by atoms with Crippen LogP contribution in [0.5, 0.6) is 0 Å². The first-order chi connectivity index (χ1) is 9.79. The number of thiophene rings is 1. The fraction of sp³-hybridized carbons (Fsp3) is 0.333. The molecule has 0 saturated heterocycles. The number of aliphatic imine (C=N–C) groups is 1. The zero-order chi connectivity index (χ0) is 14.2. The molecule has 2 aromatic rings. The second kappa shape index (κ2) is 7.65. The normalized spacial score (nSPS) is 11.4. The number of aromatic nitrogens is 1. The Morgan fingerprint density at radius 3 is 2.90 bits per heavy atom. The van der Waals surface area contributed by atoms with Gasteiger partial charge in [0.15, 0.2) is 5.96 Å². The fourth-order valence-electron chi connectivity index (χ4n) is 1.85. The van der Waals surface area contributed by atoms with Gasteiger partial charge < -0.3 is 10.6 Å². The molecule has 0 bridgehead atoms. The summed E-state index contributed by atoms with van der Waals surface area (Å²) in [7, 11) is 1.78. The summed E-state index contributed by atoms with van der Waals surface area (Å²) in [6.07, 6.45) is 2.83. The van der Waals surface area contributed by atoms with Gasteiger partial charge in [-0.25, -0.2) is 0 Å². The van der Waals surface area contributed by atoms with Gasteiger partial charge in [0.05, 0.1) is 12.2 Å². The Morgan fingerprint density at radius 1 is 1.30 bits per heavy atom. The van der Waals surface area contributed by atoms with Crippen molar-refractivity contribution in [2.24, 2.45) is 4.99 Å². The second-order valence-electron chi connectivity index (χ2n) is 4.45. The molecule has 2 heterocycles. The van der Waals surface area contributed by atoms with Crippen molar-refractivity contribution >= 4 is 17.3 Å². The van der Waals surface area contributed by atoms with E-state index in [0.29, 0.717) is 6.54 Å². The average Bonchev–Trinajstić information content (AvgIpc) is 2.97. The quantitative estimate of drug-likeness (QED) is 0.656. The molecular formula is C15H20N4S. The minimum atomic E-state index is 0.686. The Bertz CT molecular complexity index is 549. The molecule has 0 amide bonds. The van der Waals surface area contributed by atoms with Crippen LogP contribution in [0.4, 0.5) is 0 Å². The van der Waals surface area contributed by atoms with Crippen molar-refractivity contribution in [3.8, 4) is 0 Å². The van der Waals surface area contributed by atoms with Crippen LogP contribution >= 0.6 is 11.3 Å². The molecular weight excluding hydrogens is 268 g/mol.